The molecule has 1 saturated heterocycles. The lowest BCUT2D eigenvalue weighted by Gasteiger charge is -2.36. The number of ether oxygens (including phenoxy) is 1. The lowest BCUT2D eigenvalue weighted by molar-refractivity contribution is -0.144. The quantitative estimate of drug-likeness (QED) is 0.602. The van der Waals surface area contributed by atoms with Crippen LogP contribution in [0.15, 0.2) is 0 Å². The molecule has 0 spiro atoms. The summed E-state index contributed by atoms with van der Waals surface area (Å²) in [6.07, 6.45) is 4.11. The van der Waals surface area contributed by atoms with Crippen LogP contribution in [0.5, 0.6) is 0 Å². The molecule has 25 heavy (non-hydrogen) atoms. The third kappa shape index (κ3) is 7.29. The van der Waals surface area contributed by atoms with Gasteiger partial charge in [-0.2, -0.15) is 4.31 Å². The van der Waals surface area contributed by atoms with Crippen LogP contribution in [0, 0.1) is 5.92 Å². The fourth-order valence-corrected chi connectivity index (χ4v) is 3.72. The van der Waals surface area contributed by atoms with E-state index in [0.29, 0.717) is 13.2 Å². The second-order valence-corrected chi connectivity index (χ2v) is 8.46. The summed E-state index contributed by atoms with van der Waals surface area (Å²) in [5.41, 5.74) is 0. The van der Waals surface area contributed by atoms with E-state index in [1.54, 1.807) is 4.90 Å². The number of rotatable bonds is 10. The maximum Gasteiger partial charge on any atom is 0.318 e. The Hall–Kier alpha value is -1.19. The van der Waals surface area contributed by atoms with E-state index in [4.69, 9.17) is 9.84 Å². The zero-order valence-corrected chi connectivity index (χ0v) is 16.1. The van der Waals surface area contributed by atoms with Gasteiger partial charge in [-0.3, -0.25) is 9.59 Å². The van der Waals surface area contributed by atoms with E-state index in [1.165, 1.54) is 0 Å². The van der Waals surface area contributed by atoms with E-state index < -0.39 is 28.6 Å². The van der Waals surface area contributed by atoms with Crippen LogP contribution in [0.4, 0.5) is 0 Å². The lowest BCUT2D eigenvalue weighted by atomic mass is 9.97. The van der Waals surface area contributed by atoms with Crippen LogP contribution in [0.2, 0.25) is 0 Å². The fourth-order valence-electron chi connectivity index (χ4n) is 2.94. The van der Waals surface area contributed by atoms with E-state index in [9.17, 15) is 18.0 Å². The molecule has 2 unspecified atom stereocenters. The standard InChI is InChI=1S/C16H30N2O6S/c1-4-6-7-13(5-2)16(21)17-8-9-24-14(10-17)11-18(12-15(19)20)25(3,22)23/h13-14H,4-12H2,1-3H3,(H,19,20). The molecule has 8 nitrogen and oxygen atoms in total. The highest BCUT2D eigenvalue weighted by Gasteiger charge is 2.31. The number of carboxylic acids is 1. The summed E-state index contributed by atoms with van der Waals surface area (Å²) < 4.78 is 30.0. The fraction of sp³-hybridized carbons (Fsp3) is 0.875. The molecule has 1 N–H and O–H groups in total. The summed E-state index contributed by atoms with van der Waals surface area (Å²) in [4.78, 5) is 25.3. The molecule has 1 aliphatic rings. The molecule has 2 atom stereocenters. The molecule has 1 heterocycles. The molecule has 146 valence electrons. The van der Waals surface area contributed by atoms with Gasteiger partial charge in [-0.05, 0) is 12.8 Å². The van der Waals surface area contributed by atoms with E-state index in [1.807, 2.05) is 6.92 Å². The van der Waals surface area contributed by atoms with E-state index in [-0.39, 0.29) is 24.9 Å². The van der Waals surface area contributed by atoms with Crippen LogP contribution in [-0.4, -0.2) is 79.8 Å². The normalized spacial score (nSPS) is 19.8. The molecule has 0 aromatic heterocycles. The number of sulfonamides is 1. The van der Waals surface area contributed by atoms with Gasteiger partial charge in [0.15, 0.2) is 0 Å². The molecular formula is C16H30N2O6S. The predicted molar refractivity (Wildman–Crippen MR) is 93.7 cm³/mol. The van der Waals surface area contributed by atoms with Crippen LogP contribution in [0.25, 0.3) is 0 Å². The van der Waals surface area contributed by atoms with Crippen molar-refractivity contribution in [3.05, 3.63) is 0 Å². The zero-order chi connectivity index (χ0) is 19.0. The third-order valence-electron chi connectivity index (χ3n) is 4.39. The Morgan fingerprint density at radius 1 is 1.36 bits per heavy atom. The molecule has 0 saturated carbocycles. The molecule has 1 amide bonds. The highest BCUT2D eigenvalue weighted by atomic mass is 32.2. The van der Waals surface area contributed by atoms with Crippen molar-refractivity contribution < 1.29 is 27.9 Å². The highest BCUT2D eigenvalue weighted by molar-refractivity contribution is 7.88. The van der Waals surface area contributed by atoms with Gasteiger partial charge in [0, 0.05) is 25.6 Å². The first kappa shape index (κ1) is 21.9. The molecule has 0 aromatic carbocycles. The first-order chi connectivity index (χ1) is 11.7. The zero-order valence-electron chi connectivity index (χ0n) is 15.3. The highest BCUT2D eigenvalue weighted by Crippen LogP contribution is 2.18. The first-order valence-electron chi connectivity index (χ1n) is 8.76. The average Bonchev–Trinajstić information content (AvgIpc) is 2.53. The second-order valence-electron chi connectivity index (χ2n) is 6.47. The molecule has 1 fully saturated rings. The molecular weight excluding hydrogens is 348 g/mol. The van der Waals surface area contributed by atoms with Gasteiger partial charge in [-0.15, -0.1) is 0 Å². The van der Waals surface area contributed by atoms with Crippen LogP contribution >= 0.6 is 0 Å². The van der Waals surface area contributed by atoms with Crippen molar-refractivity contribution in [1.82, 2.24) is 9.21 Å². The number of carboxylic acid groups (broad SMARTS) is 1. The number of carbonyl (C=O) groups excluding carboxylic acids is 1. The van der Waals surface area contributed by atoms with Crippen molar-refractivity contribution in [2.45, 2.75) is 45.6 Å². The van der Waals surface area contributed by atoms with Crippen LogP contribution in [0.1, 0.15) is 39.5 Å². The Morgan fingerprint density at radius 3 is 2.56 bits per heavy atom. The SMILES string of the molecule is CCCCC(CC)C(=O)N1CCOC(CN(CC(=O)O)S(C)(=O)=O)C1. The number of aliphatic carboxylic acids is 1. The Balaban J connectivity index is 2.72. The second kappa shape index (κ2) is 10.1. The molecule has 1 aliphatic heterocycles. The molecule has 0 bridgehead atoms. The van der Waals surface area contributed by atoms with E-state index >= 15 is 0 Å². The molecule has 0 aliphatic carbocycles. The predicted octanol–water partition coefficient (Wildman–Crippen LogP) is 0.776. The van der Waals surface area contributed by atoms with E-state index in [0.717, 1.165) is 36.2 Å². The summed E-state index contributed by atoms with van der Waals surface area (Å²) >= 11 is 0. The van der Waals surface area contributed by atoms with Gasteiger partial charge in [0.1, 0.15) is 6.54 Å². The smallest absolute Gasteiger partial charge is 0.318 e. The number of morpholine rings is 1. The van der Waals surface area contributed by atoms with Gasteiger partial charge in [-0.25, -0.2) is 8.42 Å². The molecule has 0 radical (unpaired) electrons. The van der Waals surface area contributed by atoms with Gasteiger partial charge in [0.25, 0.3) is 0 Å². The lowest BCUT2D eigenvalue weighted by Crippen LogP contribution is -2.52. The third-order valence-corrected chi connectivity index (χ3v) is 5.60. The number of unbranched alkanes of at least 4 members (excludes halogenated alkanes) is 1. The number of nitrogens with zero attached hydrogens (tertiary/aromatic N) is 2. The summed E-state index contributed by atoms with van der Waals surface area (Å²) in [6, 6.07) is 0. The van der Waals surface area contributed by atoms with Crippen molar-refractivity contribution in [1.29, 1.82) is 0 Å². The minimum absolute atomic E-state index is 0.0243. The maximum absolute atomic E-state index is 12.7. The Kier molecular flexibility index (Phi) is 8.81. The summed E-state index contributed by atoms with van der Waals surface area (Å²) in [7, 11) is -3.66. The maximum atomic E-state index is 12.7. The van der Waals surface area contributed by atoms with Gasteiger partial charge >= 0.3 is 5.97 Å². The average molecular weight is 378 g/mol. The number of amides is 1. The molecule has 9 heteroatoms. The summed E-state index contributed by atoms with van der Waals surface area (Å²) in [6.45, 7) is 4.49. The van der Waals surface area contributed by atoms with Crippen LogP contribution < -0.4 is 0 Å². The van der Waals surface area contributed by atoms with E-state index in [2.05, 4.69) is 6.92 Å². The number of hydrogen-bond acceptors (Lipinski definition) is 5. The van der Waals surface area contributed by atoms with Crippen molar-refractivity contribution in [2.24, 2.45) is 5.92 Å². The van der Waals surface area contributed by atoms with Crippen LogP contribution in [-0.2, 0) is 24.3 Å². The number of carbonyl (C=O) groups is 2. The molecule has 0 aromatic rings. The Bertz CT molecular complexity index is 551. The summed E-state index contributed by atoms with van der Waals surface area (Å²) in [5.74, 6) is -1.17. The van der Waals surface area contributed by atoms with Gasteiger partial charge in [0.05, 0.1) is 19.0 Å². The van der Waals surface area contributed by atoms with Crippen LogP contribution in [0.3, 0.4) is 0 Å². The van der Waals surface area contributed by atoms with Crippen molar-refractivity contribution in [3.8, 4) is 0 Å². The van der Waals surface area contributed by atoms with Gasteiger partial charge in [-0.1, -0.05) is 26.7 Å². The van der Waals surface area contributed by atoms with Crippen molar-refractivity contribution >= 4 is 21.9 Å². The topological polar surface area (TPSA) is 104 Å². The Labute approximate surface area is 150 Å². The van der Waals surface area contributed by atoms with Crippen molar-refractivity contribution in [3.63, 3.8) is 0 Å². The first-order valence-corrected chi connectivity index (χ1v) is 10.6. The number of hydrogen-bond donors (Lipinski definition) is 1. The Morgan fingerprint density at radius 2 is 2.04 bits per heavy atom. The van der Waals surface area contributed by atoms with Crippen molar-refractivity contribution in [2.75, 3.05) is 39.0 Å². The minimum Gasteiger partial charge on any atom is -0.480 e. The summed E-state index contributed by atoms with van der Waals surface area (Å²) in [5, 5.41) is 8.89. The molecule has 1 rings (SSSR count). The van der Waals surface area contributed by atoms with Gasteiger partial charge < -0.3 is 14.7 Å². The largest absolute Gasteiger partial charge is 0.480 e. The van der Waals surface area contributed by atoms with Gasteiger partial charge in [0.2, 0.25) is 15.9 Å². The minimum atomic E-state index is -3.66. The monoisotopic (exact) mass is 378 g/mol.